The zero-order chi connectivity index (χ0) is 20.4. The van der Waals surface area contributed by atoms with Gasteiger partial charge in [0.25, 0.3) is 0 Å². The average Bonchev–Trinajstić information content (AvgIpc) is 2.73. The molecule has 0 saturated heterocycles. The third kappa shape index (κ3) is 3.81. The first-order valence-corrected chi connectivity index (χ1v) is 10.4. The van der Waals surface area contributed by atoms with Crippen molar-refractivity contribution in [3.63, 3.8) is 0 Å². The summed E-state index contributed by atoms with van der Waals surface area (Å²) in [4.78, 5) is 24.8. The van der Waals surface area contributed by atoms with Gasteiger partial charge in [-0.25, -0.2) is 0 Å². The van der Waals surface area contributed by atoms with Crippen LogP contribution >= 0.6 is 0 Å². The first-order valence-electron chi connectivity index (χ1n) is 10.4. The van der Waals surface area contributed by atoms with Gasteiger partial charge in [-0.3, -0.25) is 9.59 Å². The van der Waals surface area contributed by atoms with Crippen LogP contribution in [0.15, 0.2) is 42.5 Å². The van der Waals surface area contributed by atoms with E-state index in [1.54, 1.807) is 0 Å². The molecule has 4 heteroatoms. The Morgan fingerprint density at radius 2 is 1.97 bits per heavy atom. The van der Waals surface area contributed by atoms with Gasteiger partial charge in [-0.05, 0) is 73.4 Å². The molecule has 4 rings (SSSR count). The molecule has 4 nitrogen and oxygen atoms in total. The summed E-state index contributed by atoms with van der Waals surface area (Å²) in [6.45, 7) is 2.66. The molecule has 0 bridgehead atoms. The Hall–Kier alpha value is -2.62. The lowest BCUT2D eigenvalue weighted by atomic mass is 9.60. The number of carbonyl (C=O) groups is 2. The lowest BCUT2D eigenvalue weighted by Gasteiger charge is -2.43. The quantitative estimate of drug-likeness (QED) is 0.559. The largest absolute Gasteiger partial charge is 0.489 e. The highest BCUT2D eigenvalue weighted by Gasteiger charge is 2.46. The van der Waals surface area contributed by atoms with Crippen LogP contribution in [0.25, 0.3) is 0 Å². The fraction of sp³-hybridized carbons (Fsp3) is 0.440. The highest BCUT2D eigenvalue weighted by molar-refractivity contribution is 6.00. The van der Waals surface area contributed by atoms with Crippen molar-refractivity contribution in [1.82, 2.24) is 0 Å². The molecule has 1 fully saturated rings. The molecule has 152 valence electrons. The minimum atomic E-state index is -0.602. The van der Waals surface area contributed by atoms with Crippen LogP contribution in [0.1, 0.15) is 54.4 Å². The molecule has 2 atom stereocenters. The number of hydrogen-bond acceptors (Lipinski definition) is 4. The fourth-order valence-corrected chi connectivity index (χ4v) is 5.11. The summed E-state index contributed by atoms with van der Waals surface area (Å²) < 4.78 is 11.0. The summed E-state index contributed by atoms with van der Waals surface area (Å²) in [6.07, 6.45) is 4.93. The minimum absolute atomic E-state index is 0.0178. The molecule has 0 N–H and O–H groups in total. The van der Waals surface area contributed by atoms with E-state index in [1.165, 1.54) is 23.8 Å². The van der Waals surface area contributed by atoms with E-state index < -0.39 is 11.9 Å². The molecule has 2 aromatic carbocycles. The van der Waals surface area contributed by atoms with Crippen molar-refractivity contribution in [2.24, 2.45) is 5.92 Å². The number of Topliss-reactive ketones (excluding diaryl/α,β-unsaturated/α-hetero) is 1. The maximum atomic E-state index is 12.8. The van der Waals surface area contributed by atoms with Crippen molar-refractivity contribution in [2.45, 2.75) is 57.5 Å². The molecule has 1 saturated carbocycles. The van der Waals surface area contributed by atoms with Crippen molar-refractivity contribution < 1.29 is 19.1 Å². The second-order valence-corrected chi connectivity index (χ2v) is 8.43. The third-order valence-corrected chi connectivity index (χ3v) is 6.65. The van der Waals surface area contributed by atoms with Crippen molar-refractivity contribution in [1.29, 1.82) is 0 Å². The van der Waals surface area contributed by atoms with Crippen LogP contribution < -0.4 is 4.74 Å². The summed E-state index contributed by atoms with van der Waals surface area (Å²) in [5.74, 6) is -0.121. The topological polar surface area (TPSA) is 52.6 Å². The summed E-state index contributed by atoms with van der Waals surface area (Å²) >= 11 is 0. The van der Waals surface area contributed by atoms with E-state index >= 15 is 0 Å². The van der Waals surface area contributed by atoms with Crippen molar-refractivity contribution >= 4 is 11.8 Å². The summed E-state index contributed by atoms with van der Waals surface area (Å²) in [6, 6.07) is 14.4. The van der Waals surface area contributed by atoms with Gasteiger partial charge in [-0.2, -0.15) is 0 Å². The number of esters is 1. The zero-order valence-electron chi connectivity index (χ0n) is 17.2. The van der Waals surface area contributed by atoms with E-state index in [0.29, 0.717) is 19.4 Å². The molecule has 0 heterocycles. The Labute approximate surface area is 172 Å². The SMILES string of the molecule is COC(=O)C1CCC2(CCCc3c(C)cc(OCc4ccccc4)cc32)CC1=O. The highest BCUT2D eigenvalue weighted by atomic mass is 16.5. The molecular weight excluding hydrogens is 364 g/mol. The van der Waals surface area contributed by atoms with E-state index in [1.807, 2.05) is 18.2 Å². The van der Waals surface area contributed by atoms with E-state index in [-0.39, 0.29) is 11.2 Å². The van der Waals surface area contributed by atoms with E-state index in [9.17, 15) is 9.59 Å². The predicted octanol–water partition coefficient (Wildman–Crippen LogP) is 4.69. The van der Waals surface area contributed by atoms with Crippen molar-refractivity contribution in [3.05, 3.63) is 64.7 Å². The normalized spacial score (nSPS) is 23.5. The van der Waals surface area contributed by atoms with Crippen LogP contribution in [0.2, 0.25) is 0 Å². The molecule has 0 radical (unpaired) electrons. The van der Waals surface area contributed by atoms with Crippen LogP contribution in [0.4, 0.5) is 0 Å². The number of aryl methyl sites for hydroxylation is 1. The summed E-state index contributed by atoms with van der Waals surface area (Å²) in [5.41, 5.74) is 4.79. The number of fused-ring (bicyclic) bond motifs is 2. The molecule has 0 amide bonds. The van der Waals surface area contributed by atoms with Crippen LogP contribution in [-0.4, -0.2) is 18.9 Å². The van der Waals surface area contributed by atoms with Crippen LogP contribution in [-0.2, 0) is 32.8 Å². The predicted molar refractivity (Wildman–Crippen MR) is 111 cm³/mol. The van der Waals surface area contributed by atoms with E-state index in [2.05, 4.69) is 31.2 Å². The third-order valence-electron chi connectivity index (χ3n) is 6.65. The number of benzene rings is 2. The number of hydrogen-bond donors (Lipinski definition) is 0. The van der Waals surface area contributed by atoms with Crippen LogP contribution in [0.3, 0.4) is 0 Å². The maximum absolute atomic E-state index is 12.8. The second-order valence-electron chi connectivity index (χ2n) is 8.43. The highest BCUT2D eigenvalue weighted by Crippen LogP contribution is 2.49. The Morgan fingerprint density at radius 3 is 2.69 bits per heavy atom. The number of carbonyl (C=O) groups excluding carboxylic acids is 2. The monoisotopic (exact) mass is 392 g/mol. The first kappa shape index (κ1) is 19.7. The molecule has 2 aliphatic rings. The molecule has 1 spiro atoms. The fourth-order valence-electron chi connectivity index (χ4n) is 5.11. The second kappa shape index (κ2) is 8.02. The first-order chi connectivity index (χ1) is 14.0. The van der Waals surface area contributed by atoms with Crippen molar-refractivity contribution in [2.75, 3.05) is 7.11 Å². The van der Waals surface area contributed by atoms with Crippen LogP contribution in [0, 0.1) is 12.8 Å². The lowest BCUT2D eigenvalue weighted by molar-refractivity contribution is -0.151. The van der Waals surface area contributed by atoms with Gasteiger partial charge in [0, 0.05) is 11.8 Å². The molecular formula is C25H28O4. The molecule has 0 aromatic heterocycles. The van der Waals surface area contributed by atoms with Gasteiger partial charge in [-0.15, -0.1) is 0 Å². The Kier molecular flexibility index (Phi) is 5.44. The van der Waals surface area contributed by atoms with Gasteiger partial charge in [0.1, 0.15) is 24.1 Å². The standard InChI is InChI=1S/C25H28O4/c1-17-13-19(29-16-18-7-4-3-5-8-18)14-22-20(17)9-6-11-25(22)12-10-21(23(26)15-25)24(27)28-2/h3-5,7-8,13-14,21H,6,9-12,15-16H2,1-2H3. The van der Waals surface area contributed by atoms with E-state index in [0.717, 1.165) is 37.0 Å². The average molecular weight is 392 g/mol. The molecule has 2 aromatic rings. The van der Waals surface area contributed by atoms with Gasteiger partial charge in [-0.1, -0.05) is 30.3 Å². The zero-order valence-corrected chi connectivity index (χ0v) is 17.2. The van der Waals surface area contributed by atoms with Gasteiger partial charge in [0.05, 0.1) is 7.11 Å². The molecule has 0 aliphatic heterocycles. The Balaban J connectivity index is 1.61. The van der Waals surface area contributed by atoms with Gasteiger partial charge in [0.15, 0.2) is 0 Å². The number of ketones is 1. The van der Waals surface area contributed by atoms with E-state index in [4.69, 9.17) is 9.47 Å². The minimum Gasteiger partial charge on any atom is -0.489 e. The molecule has 29 heavy (non-hydrogen) atoms. The lowest BCUT2D eigenvalue weighted by Crippen LogP contribution is -2.42. The van der Waals surface area contributed by atoms with Gasteiger partial charge < -0.3 is 9.47 Å². The summed E-state index contributed by atoms with van der Waals surface area (Å²) in [7, 11) is 1.36. The van der Waals surface area contributed by atoms with Gasteiger partial charge in [0.2, 0.25) is 0 Å². The van der Waals surface area contributed by atoms with Gasteiger partial charge >= 0.3 is 5.97 Å². The summed E-state index contributed by atoms with van der Waals surface area (Å²) in [5, 5.41) is 0. The smallest absolute Gasteiger partial charge is 0.316 e. The number of ether oxygens (including phenoxy) is 2. The Bertz CT molecular complexity index is 918. The maximum Gasteiger partial charge on any atom is 0.316 e. The molecule has 2 unspecified atom stereocenters. The molecule has 2 aliphatic carbocycles. The number of methoxy groups -OCH3 is 1. The number of rotatable bonds is 4. The van der Waals surface area contributed by atoms with Crippen LogP contribution in [0.5, 0.6) is 5.75 Å². The Morgan fingerprint density at radius 1 is 1.17 bits per heavy atom. The van der Waals surface area contributed by atoms with Crippen molar-refractivity contribution in [3.8, 4) is 5.75 Å².